The molecule has 3 aromatic rings. The van der Waals surface area contributed by atoms with Crippen molar-refractivity contribution < 1.29 is 18.8 Å². The molecular formula is C19H15Cl2NO4. The highest BCUT2D eigenvalue weighted by atomic mass is 35.5. The molecule has 1 amide bonds. The van der Waals surface area contributed by atoms with Gasteiger partial charge in [-0.2, -0.15) is 0 Å². The van der Waals surface area contributed by atoms with Gasteiger partial charge in [-0.1, -0.05) is 53.5 Å². The molecule has 0 aliphatic carbocycles. The second kappa shape index (κ2) is 8.76. The lowest BCUT2D eigenvalue weighted by Crippen LogP contribution is -2.23. The summed E-state index contributed by atoms with van der Waals surface area (Å²) in [5, 5.41) is 0.922. The molecule has 2 aromatic carbocycles. The topological polar surface area (TPSA) is 60.7 Å². The van der Waals surface area contributed by atoms with Crippen molar-refractivity contribution >= 4 is 29.1 Å². The van der Waals surface area contributed by atoms with Crippen LogP contribution in [0.1, 0.15) is 21.9 Å². The number of halogens is 2. The Morgan fingerprint density at radius 2 is 1.81 bits per heavy atom. The Kier molecular flexibility index (Phi) is 6.17. The molecule has 1 aromatic heterocycles. The maximum Gasteiger partial charge on any atom is 0.310 e. The largest absolute Gasteiger partial charge is 0.484 e. The molecule has 0 radical (unpaired) electrons. The van der Waals surface area contributed by atoms with E-state index in [1.54, 1.807) is 30.3 Å². The molecule has 134 valence electrons. The van der Waals surface area contributed by atoms with E-state index in [1.165, 1.54) is 0 Å². The van der Waals surface area contributed by atoms with Gasteiger partial charge in [0.25, 0.3) is 0 Å². The number of furan rings is 1. The Bertz CT molecular complexity index is 880. The van der Waals surface area contributed by atoms with Crippen LogP contribution in [0.4, 0.5) is 0 Å². The van der Waals surface area contributed by atoms with Crippen molar-refractivity contribution in [2.45, 2.75) is 13.2 Å². The number of nitrogens with one attached hydrogen (secondary N) is 1. The Morgan fingerprint density at radius 1 is 1.00 bits per heavy atom. The van der Waals surface area contributed by atoms with E-state index >= 15 is 0 Å². The van der Waals surface area contributed by atoms with Gasteiger partial charge >= 0.3 is 5.91 Å². The number of benzene rings is 2. The molecule has 0 spiro atoms. The van der Waals surface area contributed by atoms with Gasteiger partial charge in [0.2, 0.25) is 0 Å². The Balaban J connectivity index is 1.49. The van der Waals surface area contributed by atoms with Gasteiger partial charge < -0.3 is 9.15 Å². The number of amides is 1. The van der Waals surface area contributed by atoms with Crippen molar-refractivity contribution in [1.82, 2.24) is 5.48 Å². The molecule has 0 unspecified atom stereocenters. The number of hydroxylamine groups is 1. The standard InChI is InChI=1S/C19H15Cl2NO4/c20-14-6-8-17(16(21)10-14)24-12-15-7-9-18(26-15)19(23)22-25-11-13-4-2-1-3-5-13/h1-10H,11-12H2,(H,22,23). The van der Waals surface area contributed by atoms with Gasteiger partial charge in [0, 0.05) is 5.02 Å². The van der Waals surface area contributed by atoms with Crippen molar-refractivity contribution in [3.63, 3.8) is 0 Å². The second-order valence-corrected chi connectivity index (χ2v) is 6.18. The van der Waals surface area contributed by atoms with Gasteiger partial charge in [-0.15, -0.1) is 0 Å². The third-order valence-corrected chi connectivity index (χ3v) is 3.93. The quantitative estimate of drug-likeness (QED) is 0.573. The number of rotatable bonds is 7. The van der Waals surface area contributed by atoms with E-state index in [0.717, 1.165) is 5.56 Å². The maximum atomic E-state index is 12.0. The van der Waals surface area contributed by atoms with Crippen molar-refractivity contribution in [2.24, 2.45) is 0 Å². The third kappa shape index (κ3) is 5.02. The first-order chi connectivity index (χ1) is 12.6. The van der Waals surface area contributed by atoms with Gasteiger partial charge in [-0.3, -0.25) is 9.63 Å². The van der Waals surface area contributed by atoms with Crippen LogP contribution in [-0.4, -0.2) is 5.91 Å². The Labute approximate surface area is 160 Å². The molecule has 0 fully saturated rings. The fourth-order valence-corrected chi connectivity index (χ4v) is 2.59. The van der Waals surface area contributed by atoms with Crippen LogP contribution >= 0.6 is 23.2 Å². The summed E-state index contributed by atoms with van der Waals surface area (Å²) in [6.45, 7) is 0.387. The Hall–Kier alpha value is -2.47. The Morgan fingerprint density at radius 3 is 2.58 bits per heavy atom. The van der Waals surface area contributed by atoms with Crippen molar-refractivity contribution in [3.8, 4) is 5.75 Å². The zero-order valence-electron chi connectivity index (χ0n) is 13.6. The second-order valence-electron chi connectivity index (χ2n) is 5.33. The first-order valence-electron chi connectivity index (χ1n) is 7.74. The number of hydrogen-bond donors (Lipinski definition) is 1. The summed E-state index contributed by atoms with van der Waals surface area (Å²) in [6, 6.07) is 17.6. The van der Waals surface area contributed by atoms with E-state index in [4.69, 9.17) is 37.2 Å². The molecule has 0 aliphatic heterocycles. The van der Waals surface area contributed by atoms with Crippen LogP contribution in [0.3, 0.4) is 0 Å². The highest BCUT2D eigenvalue weighted by molar-refractivity contribution is 6.35. The van der Waals surface area contributed by atoms with Gasteiger partial charge in [-0.25, -0.2) is 5.48 Å². The minimum atomic E-state index is -0.475. The predicted octanol–water partition coefficient (Wildman–Crippen LogP) is 5.03. The number of hydrogen-bond acceptors (Lipinski definition) is 4. The highest BCUT2D eigenvalue weighted by Crippen LogP contribution is 2.28. The molecule has 1 N–H and O–H groups in total. The van der Waals surface area contributed by atoms with E-state index in [9.17, 15) is 4.79 Å². The first-order valence-corrected chi connectivity index (χ1v) is 8.50. The molecule has 0 bridgehead atoms. The summed E-state index contributed by atoms with van der Waals surface area (Å²) in [5.74, 6) is 0.601. The van der Waals surface area contributed by atoms with E-state index in [1.807, 2.05) is 30.3 Å². The van der Waals surface area contributed by atoms with Gasteiger partial charge in [0.15, 0.2) is 5.76 Å². The summed E-state index contributed by atoms with van der Waals surface area (Å²) >= 11 is 11.9. The van der Waals surface area contributed by atoms with Crippen LogP contribution in [0.5, 0.6) is 5.75 Å². The van der Waals surface area contributed by atoms with Crippen molar-refractivity contribution in [3.05, 3.63) is 87.8 Å². The molecule has 5 nitrogen and oxygen atoms in total. The van der Waals surface area contributed by atoms with E-state index in [-0.39, 0.29) is 19.0 Å². The highest BCUT2D eigenvalue weighted by Gasteiger charge is 2.12. The third-order valence-electron chi connectivity index (χ3n) is 3.40. The normalized spacial score (nSPS) is 10.5. The molecule has 0 saturated heterocycles. The number of carbonyl (C=O) groups is 1. The average Bonchev–Trinajstić information content (AvgIpc) is 3.11. The zero-order valence-corrected chi connectivity index (χ0v) is 15.1. The van der Waals surface area contributed by atoms with Crippen LogP contribution in [0.15, 0.2) is 65.1 Å². The number of carbonyl (C=O) groups excluding carboxylic acids is 1. The van der Waals surface area contributed by atoms with E-state index in [0.29, 0.717) is 21.6 Å². The predicted molar refractivity (Wildman–Crippen MR) is 98.2 cm³/mol. The maximum absolute atomic E-state index is 12.0. The SMILES string of the molecule is O=C(NOCc1ccccc1)c1ccc(COc2ccc(Cl)cc2Cl)o1. The lowest BCUT2D eigenvalue weighted by atomic mass is 10.2. The van der Waals surface area contributed by atoms with Crippen molar-refractivity contribution in [1.29, 1.82) is 0 Å². The van der Waals surface area contributed by atoms with Crippen LogP contribution in [0.25, 0.3) is 0 Å². The molecule has 3 rings (SSSR count). The van der Waals surface area contributed by atoms with Gasteiger partial charge in [0.1, 0.15) is 18.1 Å². The van der Waals surface area contributed by atoms with Gasteiger partial charge in [0.05, 0.1) is 11.6 Å². The monoisotopic (exact) mass is 391 g/mol. The summed E-state index contributed by atoms with van der Waals surface area (Å²) in [6.07, 6.45) is 0. The summed E-state index contributed by atoms with van der Waals surface area (Å²) in [5.41, 5.74) is 3.29. The van der Waals surface area contributed by atoms with Crippen LogP contribution in [0, 0.1) is 0 Å². The molecule has 0 aliphatic rings. The molecule has 26 heavy (non-hydrogen) atoms. The van der Waals surface area contributed by atoms with E-state index < -0.39 is 5.91 Å². The fraction of sp³-hybridized carbons (Fsp3) is 0.105. The smallest absolute Gasteiger partial charge is 0.310 e. The minimum Gasteiger partial charge on any atom is -0.484 e. The van der Waals surface area contributed by atoms with Gasteiger partial charge in [-0.05, 0) is 35.9 Å². The fourth-order valence-electron chi connectivity index (χ4n) is 2.13. The van der Waals surface area contributed by atoms with Crippen molar-refractivity contribution in [2.75, 3.05) is 0 Å². The zero-order chi connectivity index (χ0) is 18.4. The molecular weight excluding hydrogens is 377 g/mol. The molecule has 0 saturated carbocycles. The van der Waals surface area contributed by atoms with Crippen LogP contribution in [-0.2, 0) is 18.1 Å². The molecule has 1 heterocycles. The lowest BCUT2D eigenvalue weighted by molar-refractivity contribution is 0.0210. The number of ether oxygens (including phenoxy) is 1. The average molecular weight is 392 g/mol. The van der Waals surface area contributed by atoms with E-state index in [2.05, 4.69) is 5.48 Å². The minimum absolute atomic E-state index is 0.124. The summed E-state index contributed by atoms with van der Waals surface area (Å²) < 4.78 is 11.0. The summed E-state index contributed by atoms with van der Waals surface area (Å²) in [7, 11) is 0. The molecule has 0 atom stereocenters. The first kappa shape index (κ1) is 18.3. The van der Waals surface area contributed by atoms with Crippen LogP contribution in [0.2, 0.25) is 10.0 Å². The summed E-state index contributed by atoms with van der Waals surface area (Å²) in [4.78, 5) is 17.2. The van der Waals surface area contributed by atoms with Crippen LogP contribution < -0.4 is 10.2 Å². The lowest BCUT2D eigenvalue weighted by Gasteiger charge is -2.06. The molecule has 7 heteroatoms.